The van der Waals surface area contributed by atoms with E-state index in [4.69, 9.17) is 4.42 Å². The first-order valence-electron chi connectivity index (χ1n) is 6.08. The normalized spacial score (nSPS) is 11.4. The number of nitrogens with one attached hydrogen (secondary N) is 1. The SMILES string of the molecule is O=c1nc2oc3ccc4ccccc4c3cc-2c(=O)[nH]1. The molecule has 1 N–H and O–H groups in total. The molecule has 0 spiro atoms. The highest BCUT2D eigenvalue weighted by molar-refractivity contribution is 6.06. The quantitative estimate of drug-likeness (QED) is 0.390. The topological polar surface area (TPSA) is 76.0 Å². The minimum Gasteiger partial charge on any atom is -0.437 e. The predicted octanol–water partition coefficient (Wildman–Crippen LogP) is 2.13. The van der Waals surface area contributed by atoms with E-state index in [-0.39, 0.29) is 11.5 Å². The maximum Gasteiger partial charge on any atom is 0.351 e. The van der Waals surface area contributed by atoms with Crippen LogP contribution >= 0.6 is 0 Å². The van der Waals surface area contributed by atoms with Crippen LogP contribution in [0.3, 0.4) is 0 Å². The van der Waals surface area contributed by atoms with Crippen LogP contribution in [0.25, 0.3) is 33.2 Å². The Labute approximate surface area is 111 Å². The Bertz CT molecular complexity index is 1050. The summed E-state index contributed by atoms with van der Waals surface area (Å²) in [5, 5.41) is 2.86. The lowest BCUT2D eigenvalue weighted by Gasteiger charge is -2.07. The van der Waals surface area contributed by atoms with Gasteiger partial charge in [0.05, 0.1) is 0 Å². The zero-order valence-corrected chi connectivity index (χ0v) is 10.2. The molecule has 0 saturated carbocycles. The van der Waals surface area contributed by atoms with Crippen LogP contribution in [0.15, 0.2) is 56.5 Å². The average Bonchev–Trinajstić information content (AvgIpc) is 2.45. The van der Waals surface area contributed by atoms with Crippen LogP contribution in [-0.4, -0.2) is 9.97 Å². The van der Waals surface area contributed by atoms with Crippen molar-refractivity contribution < 1.29 is 4.42 Å². The number of rotatable bonds is 0. The maximum absolute atomic E-state index is 11.8. The van der Waals surface area contributed by atoms with E-state index in [0.29, 0.717) is 5.58 Å². The fourth-order valence-corrected chi connectivity index (χ4v) is 2.41. The Morgan fingerprint density at radius 1 is 1.00 bits per heavy atom. The molecule has 2 heterocycles. The average molecular weight is 264 g/mol. The van der Waals surface area contributed by atoms with Crippen LogP contribution in [0.2, 0.25) is 0 Å². The summed E-state index contributed by atoms with van der Waals surface area (Å²) in [7, 11) is 0. The van der Waals surface area contributed by atoms with Gasteiger partial charge >= 0.3 is 5.69 Å². The molecule has 0 fully saturated rings. The van der Waals surface area contributed by atoms with Crippen molar-refractivity contribution in [2.45, 2.75) is 0 Å². The molecule has 4 rings (SSSR count). The van der Waals surface area contributed by atoms with Crippen LogP contribution in [-0.2, 0) is 0 Å². The van der Waals surface area contributed by atoms with Gasteiger partial charge in [0.2, 0.25) is 5.89 Å². The van der Waals surface area contributed by atoms with Crippen LogP contribution < -0.4 is 11.2 Å². The Morgan fingerprint density at radius 3 is 2.75 bits per heavy atom. The first kappa shape index (κ1) is 10.9. The second-order valence-electron chi connectivity index (χ2n) is 4.53. The monoisotopic (exact) mass is 264 g/mol. The zero-order valence-electron chi connectivity index (χ0n) is 10.2. The summed E-state index contributed by atoms with van der Waals surface area (Å²) in [5.74, 6) is 0.0570. The number of fused-ring (bicyclic) bond motifs is 4. The number of nitrogens with zero attached hydrogens (tertiary/aromatic N) is 1. The lowest BCUT2D eigenvalue weighted by molar-refractivity contribution is 0.592. The van der Waals surface area contributed by atoms with Crippen LogP contribution in [0, 0.1) is 0 Å². The highest BCUT2D eigenvalue weighted by Gasteiger charge is 2.14. The molecule has 0 bridgehead atoms. The second-order valence-corrected chi connectivity index (χ2v) is 4.53. The summed E-state index contributed by atoms with van der Waals surface area (Å²) >= 11 is 0. The van der Waals surface area contributed by atoms with Gasteiger partial charge in [-0.3, -0.25) is 9.78 Å². The van der Waals surface area contributed by atoms with Crippen molar-refractivity contribution in [2.75, 3.05) is 0 Å². The number of aromatic amines is 1. The third-order valence-electron chi connectivity index (χ3n) is 3.32. The van der Waals surface area contributed by atoms with Crippen molar-refractivity contribution >= 4 is 21.7 Å². The third kappa shape index (κ3) is 1.46. The summed E-state index contributed by atoms with van der Waals surface area (Å²) in [6.45, 7) is 0. The number of hydrogen-bond donors (Lipinski definition) is 1. The van der Waals surface area contributed by atoms with Crippen LogP contribution in [0.4, 0.5) is 0 Å². The van der Waals surface area contributed by atoms with Gasteiger partial charge < -0.3 is 4.42 Å². The van der Waals surface area contributed by atoms with E-state index in [0.717, 1.165) is 16.2 Å². The van der Waals surface area contributed by atoms with Crippen LogP contribution in [0.1, 0.15) is 0 Å². The number of aromatic nitrogens is 2. The molecule has 5 nitrogen and oxygen atoms in total. The lowest BCUT2D eigenvalue weighted by Crippen LogP contribution is -2.24. The maximum atomic E-state index is 11.8. The Kier molecular flexibility index (Phi) is 2.06. The highest BCUT2D eigenvalue weighted by atomic mass is 16.3. The summed E-state index contributed by atoms with van der Waals surface area (Å²) in [5.41, 5.74) is -0.327. The van der Waals surface area contributed by atoms with Gasteiger partial charge in [0.15, 0.2) is 0 Å². The van der Waals surface area contributed by atoms with Gasteiger partial charge in [-0.25, -0.2) is 4.79 Å². The smallest absolute Gasteiger partial charge is 0.351 e. The van der Waals surface area contributed by atoms with Crippen molar-refractivity contribution in [3.63, 3.8) is 0 Å². The summed E-state index contributed by atoms with van der Waals surface area (Å²) in [6.07, 6.45) is 0. The largest absolute Gasteiger partial charge is 0.437 e. The molecule has 0 amide bonds. The van der Waals surface area contributed by atoms with Crippen molar-refractivity contribution in [2.24, 2.45) is 0 Å². The van der Waals surface area contributed by atoms with Crippen molar-refractivity contribution in [3.05, 3.63) is 63.3 Å². The summed E-state index contributed by atoms with van der Waals surface area (Å²) in [4.78, 5) is 28.9. The zero-order chi connectivity index (χ0) is 13.7. The van der Waals surface area contributed by atoms with Gasteiger partial charge in [-0.2, -0.15) is 4.98 Å². The molecule has 0 unspecified atom stereocenters. The van der Waals surface area contributed by atoms with E-state index in [2.05, 4.69) is 9.97 Å². The highest BCUT2D eigenvalue weighted by Crippen LogP contribution is 2.29. The molecule has 2 aromatic rings. The molecule has 2 aliphatic rings. The Balaban J connectivity index is 2.29. The van der Waals surface area contributed by atoms with E-state index in [1.165, 1.54) is 0 Å². The van der Waals surface area contributed by atoms with Crippen LogP contribution in [0.5, 0.6) is 0 Å². The predicted molar refractivity (Wildman–Crippen MR) is 75.0 cm³/mol. The molecule has 2 aliphatic heterocycles. The molecular formula is C15H8N2O3. The summed E-state index contributed by atoms with van der Waals surface area (Å²) < 4.78 is 5.58. The van der Waals surface area contributed by atoms with Crippen molar-refractivity contribution in [1.82, 2.24) is 9.97 Å². The van der Waals surface area contributed by atoms with Gasteiger partial charge in [-0.1, -0.05) is 30.3 Å². The number of benzene rings is 2. The molecule has 0 aromatic heterocycles. The third-order valence-corrected chi connectivity index (χ3v) is 3.32. The molecule has 0 aliphatic carbocycles. The molecular weight excluding hydrogens is 256 g/mol. The number of hydrogen-bond acceptors (Lipinski definition) is 4. The fourth-order valence-electron chi connectivity index (χ4n) is 2.41. The first-order valence-corrected chi connectivity index (χ1v) is 6.08. The lowest BCUT2D eigenvalue weighted by atomic mass is 10.0. The van der Waals surface area contributed by atoms with Gasteiger partial charge in [0.1, 0.15) is 11.1 Å². The van der Waals surface area contributed by atoms with Gasteiger partial charge in [-0.05, 0) is 22.9 Å². The van der Waals surface area contributed by atoms with Gasteiger partial charge in [-0.15, -0.1) is 0 Å². The molecule has 2 aromatic carbocycles. The first-order chi connectivity index (χ1) is 9.72. The molecule has 0 radical (unpaired) electrons. The minimum atomic E-state index is -0.702. The van der Waals surface area contributed by atoms with Crippen molar-refractivity contribution in [3.8, 4) is 11.5 Å². The molecule has 20 heavy (non-hydrogen) atoms. The summed E-state index contributed by atoms with van der Waals surface area (Å²) in [6, 6.07) is 13.3. The fraction of sp³-hybridized carbons (Fsp3) is 0. The molecule has 0 saturated heterocycles. The van der Waals surface area contributed by atoms with E-state index in [1.807, 2.05) is 36.4 Å². The van der Waals surface area contributed by atoms with Crippen molar-refractivity contribution in [1.29, 1.82) is 0 Å². The van der Waals surface area contributed by atoms with E-state index >= 15 is 0 Å². The molecule has 5 heteroatoms. The standard InChI is InChI=1S/C15H8N2O3/c18-13-11-7-10-9-4-2-1-3-8(9)5-6-12(10)20-14(11)17-15(19)16-13/h1-7H,(H,16,18,19). The molecule has 96 valence electrons. The number of H-pyrrole nitrogens is 1. The van der Waals surface area contributed by atoms with Gasteiger partial charge in [0, 0.05) is 5.39 Å². The second kappa shape index (κ2) is 3.77. The molecule has 0 atom stereocenters. The Hall–Kier alpha value is -2.95. The van der Waals surface area contributed by atoms with E-state index in [1.54, 1.807) is 6.07 Å². The van der Waals surface area contributed by atoms with E-state index in [9.17, 15) is 9.59 Å². The van der Waals surface area contributed by atoms with Gasteiger partial charge in [0.25, 0.3) is 5.56 Å². The van der Waals surface area contributed by atoms with E-state index < -0.39 is 11.2 Å². The minimum absolute atomic E-state index is 0.0570. The Morgan fingerprint density at radius 2 is 1.85 bits per heavy atom.